The minimum absolute atomic E-state index is 0.109. The Kier molecular flexibility index (Phi) is 10.5. The molecular weight excluding hydrogens is 382 g/mol. The smallest absolute Gasteiger partial charge is 0.255 e. The number of aliphatic hydroxyl groups excluding tert-OH is 1. The van der Waals surface area contributed by atoms with Crippen molar-refractivity contribution in [2.75, 3.05) is 0 Å². The van der Waals surface area contributed by atoms with Gasteiger partial charge < -0.3 is 10.0 Å². The average Bonchev–Trinajstić information content (AvgIpc) is 2.78. The lowest BCUT2D eigenvalue weighted by Gasteiger charge is -2.39. The fraction of sp³-hybridized carbons (Fsp3) is 0.607. The number of carbonyl (C=O) groups is 1. The van der Waals surface area contributed by atoms with E-state index in [1.54, 1.807) is 0 Å². The van der Waals surface area contributed by atoms with Gasteiger partial charge in [-0.15, -0.1) is 0 Å². The monoisotopic (exact) mass is 425 g/mol. The zero-order valence-corrected chi connectivity index (χ0v) is 20.4. The third kappa shape index (κ3) is 6.10. The normalized spacial score (nSPS) is 12.6. The molecule has 2 aromatic rings. The Hall–Kier alpha value is -1.87. The zero-order valence-electron chi connectivity index (χ0n) is 20.4. The van der Waals surface area contributed by atoms with Crippen LogP contribution in [0.25, 0.3) is 10.8 Å². The second-order valence-corrected chi connectivity index (χ2v) is 8.85. The number of rotatable bonds is 13. The molecule has 31 heavy (non-hydrogen) atoms. The van der Waals surface area contributed by atoms with Gasteiger partial charge in [-0.3, -0.25) is 4.79 Å². The van der Waals surface area contributed by atoms with E-state index in [2.05, 4.69) is 38.7 Å². The zero-order chi connectivity index (χ0) is 22.8. The molecule has 2 rings (SSSR count). The molecule has 0 heterocycles. The molecule has 0 radical (unpaired) electrons. The summed E-state index contributed by atoms with van der Waals surface area (Å²) in [7, 11) is 0. The second-order valence-electron chi connectivity index (χ2n) is 8.85. The molecule has 0 spiro atoms. The number of hydrogen-bond donors (Lipinski definition) is 1. The van der Waals surface area contributed by atoms with E-state index in [9.17, 15) is 9.90 Å². The first-order valence-electron chi connectivity index (χ1n) is 12.6. The molecule has 1 N–H and O–H groups in total. The Morgan fingerprint density at radius 2 is 1.32 bits per heavy atom. The van der Waals surface area contributed by atoms with E-state index in [0.717, 1.165) is 67.7 Å². The molecule has 0 fully saturated rings. The molecule has 1 atom stereocenters. The van der Waals surface area contributed by atoms with Crippen LogP contribution in [0.15, 0.2) is 36.4 Å². The van der Waals surface area contributed by atoms with Crippen LogP contribution in [0, 0.1) is 0 Å². The van der Waals surface area contributed by atoms with E-state index in [1.165, 1.54) is 0 Å². The number of fused-ring (bicyclic) bond motifs is 1. The molecule has 0 saturated carbocycles. The lowest BCUT2D eigenvalue weighted by atomic mass is 9.91. The van der Waals surface area contributed by atoms with Gasteiger partial charge in [-0.25, -0.2) is 0 Å². The summed E-state index contributed by atoms with van der Waals surface area (Å²) in [5, 5.41) is 12.8. The van der Waals surface area contributed by atoms with Crippen LogP contribution in [0.5, 0.6) is 0 Å². The Bertz CT molecular complexity index is 788. The summed E-state index contributed by atoms with van der Waals surface area (Å²) < 4.78 is 0. The van der Waals surface area contributed by atoms with Gasteiger partial charge in [0.1, 0.15) is 0 Å². The minimum atomic E-state index is -0.628. The van der Waals surface area contributed by atoms with Crippen LogP contribution in [0.4, 0.5) is 0 Å². The average molecular weight is 426 g/mol. The highest BCUT2D eigenvalue weighted by Crippen LogP contribution is 2.33. The number of carbonyl (C=O) groups excluding carboxylic acids is 1. The van der Waals surface area contributed by atoms with Crippen molar-refractivity contribution in [3.63, 3.8) is 0 Å². The minimum Gasteiger partial charge on any atom is -0.388 e. The van der Waals surface area contributed by atoms with Gasteiger partial charge in [0.05, 0.1) is 11.7 Å². The number of aliphatic hydroxyl groups is 1. The number of benzene rings is 2. The van der Waals surface area contributed by atoms with Crippen molar-refractivity contribution < 1.29 is 9.90 Å². The van der Waals surface area contributed by atoms with E-state index in [-0.39, 0.29) is 18.0 Å². The van der Waals surface area contributed by atoms with E-state index >= 15 is 0 Å². The van der Waals surface area contributed by atoms with E-state index in [0.29, 0.717) is 12.0 Å². The van der Waals surface area contributed by atoms with E-state index < -0.39 is 6.10 Å². The highest BCUT2D eigenvalue weighted by Gasteiger charge is 2.32. The van der Waals surface area contributed by atoms with Gasteiger partial charge in [0.2, 0.25) is 0 Å². The summed E-state index contributed by atoms with van der Waals surface area (Å²) in [5.41, 5.74) is 1.48. The molecule has 1 amide bonds. The first-order valence-corrected chi connectivity index (χ1v) is 12.6. The predicted molar refractivity (Wildman–Crippen MR) is 133 cm³/mol. The van der Waals surface area contributed by atoms with Crippen molar-refractivity contribution in [2.24, 2.45) is 0 Å². The maximum Gasteiger partial charge on any atom is 0.255 e. The van der Waals surface area contributed by atoms with Crippen LogP contribution in [-0.4, -0.2) is 28.0 Å². The molecule has 3 nitrogen and oxygen atoms in total. The molecule has 0 unspecified atom stereocenters. The van der Waals surface area contributed by atoms with E-state index in [4.69, 9.17) is 0 Å². The highest BCUT2D eigenvalue weighted by atomic mass is 16.3. The SMILES string of the molecule is CCCC(CCC)N(C(=O)c1c([C@H](O)CC)ccc2ccccc12)C(CCC)CCC. The summed E-state index contributed by atoms with van der Waals surface area (Å²) in [6.07, 6.45) is 8.36. The molecule has 0 aromatic heterocycles. The van der Waals surface area contributed by atoms with Crippen LogP contribution in [0.1, 0.15) is 114 Å². The molecule has 0 aliphatic heterocycles. The molecule has 2 aromatic carbocycles. The fourth-order valence-electron chi connectivity index (χ4n) is 4.96. The lowest BCUT2D eigenvalue weighted by Crippen LogP contribution is -2.47. The fourth-order valence-corrected chi connectivity index (χ4v) is 4.96. The van der Waals surface area contributed by atoms with Crippen molar-refractivity contribution >= 4 is 16.7 Å². The largest absolute Gasteiger partial charge is 0.388 e. The van der Waals surface area contributed by atoms with Crippen molar-refractivity contribution in [1.29, 1.82) is 0 Å². The van der Waals surface area contributed by atoms with Crippen LogP contribution in [-0.2, 0) is 0 Å². The quantitative estimate of drug-likeness (QED) is 0.358. The third-order valence-corrected chi connectivity index (χ3v) is 6.43. The van der Waals surface area contributed by atoms with Gasteiger partial charge in [-0.2, -0.15) is 0 Å². The topological polar surface area (TPSA) is 40.5 Å². The highest BCUT2D eigenvalue weighted by molar-refractivity contribution is 6.08. The van der Waals surface area contributed by atoms with Crippen molar-refractivity contribution in [3.8, 4) is 0 Å². The number of nitrogens with zero attached hydrogens (tertiary/aromatic N) is 1. The molecule has 172 valence electrons. The number of hydrogen-bond acceptors (Lipinski definition) is 2. The summed E-state index contributed by atoms with van der Waals surface area (Å²) >= 11 is 0. The van der Waals surface area contributed by atoms with Crippen molar-refractivity contribution in [2.45, 2.75) is 111 Å². The summed E-state index contributed by atoms with van der Waals surface area (Å²) in [6.45, 7) is 10.8. The van der Waals surface area contributed by atoms with Gasteiger partial charge in [-0.1, -0.05) is 96.7 Å². The molecular formula is C28H43NO2. The molecule has 0 bridgehead atoms. The summed E-state index contributed by atoms with van der Waals surface area (Å²) in [4.78, 5) is 16.6. The second kappa shape index (κ2) is 12.9. The van der Waals surface area contributed by atoms with Crippen molar-refractivity contribution in [3.05, 3.63) is 47.5 Å². The Balaban J connectivity index is 2.70. The first-order chi connectivity index (χ1) is 15.0. The summed E-state index contributed by atoms with van der Waals surface area (Å²) in [6, 6.07) is 12.6. The Morgan fingerprint density at radius 3 is 1.81 bits per heavy atom. The molecule has 0 saturated heterocycles. The number of amides is 1. The standard InChI is InChI=1S/C28H43NO2/c1-6-13-22(14-7-2)29(23(15-8-3)16-9-4)28(31)27-24-18-12-11-17-21(24)19-20-25(27)26(30)10-5/h11-12,17-20,22-23,26,30H,6-10,13-16H2,1-5H3/t26-/m1/s1. The maximum atomic E-state index is 14.4. The first kappa shape index (κ1) is 25.4. The van der Waals surface area contributed by atoms with Crippen LogP contribution in [0.3, 0.4) is 0 Å². The van der Waals surface area contributed by atoms with Gasteiger partial charge >= 0.3 is 0 Å². The van der Waals surface area contributed by atoms with Crippen molar-refractivity contribution in [1.82, 2.24) is 4.90 Å². The predicted octanol–water partition coefficient (Wildman–Crippen LogP) is 7.66. The Labute approximate surface area is 189 Å². The third-order valence-electron chi connectivity index (χ3n) is 6.43. The Morgan fingerprint density at radius 1 is 0.806 bits per heavy atom. The molecule has 0 aliphatic carbocycles. The van der Waals surface area contributed by atoms with Gasteiger partial charge in [0.15, 0.2) is 0 Å². The van der Waals surface area contributed by atoms with Gasteiger partial charge in [0.25, 0.3) is 5.91 Å². The lowest BCUT2D eigenvalue weighted by molar-refractivity contribution is 0.0506. The van der Waals surface area contributed by atoms with E-state index in [1.807, 2.05) is 37.3 Å². The maximum absolute atomic E-state index is 14.4. The summed E-state index contributed by atoms with van der Waals surface area (Å²) in [5.74, 6) is 0.109. The molecule has 3 heteroatoms. The van der Waals surface area contributed by atoms with Crippen LogP contribution >= 0.6 is 0 Å². The van der Waals surface area contributed by atoms with Crippen LogP contribution < -0.4 is 0 Å². The molecule has 0 aliphatic rings. The van der Waals surface area contributed by atoms with Crippen LogP contribution in [0.2, 0.25) is 0 Å². The van der Waals surface area contributed by atoms with Gasteiger partial charge in [0, 0.05) is 12.1 Å². The van der Waals surface area contributed by atoms with Gasteiger partial charge in [-0.05, 0) is 48.4 Å².